The molecule has 0 radical (unpaired) electrons. The van der Waals surface area contributed by atoms with E-state index >= 15 is 0 Å². The van der Waals surface area contributed by atoms with E-state index in [1.54, 1.807) is 0 Å². The summed E-state index contributed by atoms with van der Waals surface area (Å²) < 4.78 is 15.3. The smallest absolute Gasteiger partial charge is 0.369 e. The number of aromatic nitrogens is 2. The first-order chi connectivity index (χ1) is 7.28. The summed E-state index contributed by atoms with van der Waals surface area (Å²) in [7, 11) is -4.86. The molecule has 6 N–H and O–H groups in total. The van der Waals surface area contributed by atoms with Crippen LogP contribution < -0.4 is 11.6 Å². The number of carbonyl (C=O) groups excluding carboxylic acids is 1. The van der Waals surface area contributed by atoms with Crippen LogP contribution in [0.25, 0.3) is 0 Å². The fourth-order valence-electron chi connectivity index (χ4n) is 0.979. The number of imidazole rings is 1. The third-order valence-corrected chi connectivity index (χ3v) is 2.01. The lowest BCUT2D eigenvalue weighted by molar-refractivity contribution is -0.137. The first kappa shape index (κ1) is 12.7. The minimum absolute atomic E-state index is 0.0248. The van der Waals surface area contributed by atoms with Crippen molar-refractivity contribution in [3.63, 3.8) is 0 Å². The van der Waals surface area contributed by atoms with Gasteiger partial charge in [-0.1, -0.05) is 0 Å². The summed E-state index contributed by atoms with van der Waals surface area (Å²) in [6, 6.07) is -1.21. The van der Waals surface area contributed by atoms with Gasteiger partial charge in [-0.25, -0.2) is 14.3 Å². The van der Waals surface area contributed by atoms with E-state index in [2.05, 4.69) is 9.51 Å². The zero-order chi connectivity index (χ0) is 12.3. The minimum Gasteiger partial charge on any atom is -0.369 e. The quantitative estimate of drug-likeness (QED) is 0.357. The SMILES string of the molecule is N[C@@H](Cc1cn(N)cn1)C(=O)OP(=O)(O)O. The maximum Gasteiger partial charge on any atom is 0.527 e. The highest BCUT2D eigenvalue weighted by Crippen LogP contribution is 2.36. The van der Waals surface area contributed by atoms with Gasteiger partial charge < -0.3 is 16.1 Å². The molecule has 10 heteroatoms. The predicted octanol–water partition coefficient (Wildman–Crippen LogP) is -1.90. The van der Waals surface area contributed by atoms with Crippen LogP contribution in [0.5, 0.6) is 0 Å². The largest absolute Gasteiger partial charge is 0.527 e. The van der Waals surface area contributed by atoms with Crippen LogP contribution in [0.3, 0.4) is 0 Å². The number of nitrogen functional groups attached to an aromatic ring is 1. The number of rotatable bonds is 4. The summed E-state index contributed by atoms with van der Waals surface area (Å²) in [5.41, 5.74) is 5.77. The van der Waals surface area contributed by atoms with E-state index in [1.807, 2.05) is 0 Å². The summed E-state index contributed by atoms with van der Waals surface area (Å²) in [4.78, 5) is 31.6. The van der Waals surface area contributed by atoms with Gasteiger partial charge in [-0.15, -0.1) is 0 Å². The van der Waals surface area contributed by atoms with Crippen molar-refractivity contribution < 1.29 is 23.7 Å². The zero-order valence-corrected chi connectivity index (χ0v) is 8.95. The molecule has 1 heterocycles. The summed E-state index contributed by atoms with van der Waals surface area (Å²) in [6.07, 6.45) is 2.70. The van der Waals surface area contributed by atoms with Crippen molar-refractivity contribution >= 4 is 13.8 Å². The molecule has 1 aromatic heterocycles. The third kappa shape index (κ3) is 3.99. The fraction of sp³-hybridized carbons (Fsp3) is 0.333. The van der Waals surface area contributed by atoms with Crippen LogP contribution in [-0.4, -0.2) is 31.5 Å². The van der Waals surface area contributed by atoms with E-state index < -0.39 is 19.8 Å². The number of nitrogens with zero attached hydrogens (tertiary/aromatic N) is 2. The van der Waals surface area contributed by atoms with Crippen LogP contribution in [0.2, 0.25) is 0 Å². The molecule has 0 amide bonds. The molecule has 0 aliphatic carbocycles. The van der Waals surface area contributed by atoms with Crippen molar-refractivity contribution in [2.24, 2.45) is 5.73 Å². The minimum atomic E-state index is -4.86. The highest BCUT2D eigenvalue weighted by Gasteiger charge is 2.25. The molecule has 1 rings (SSSR count). The highest BCUT2D eigenvalue weighted by atomic mass is 31.2. The highest BCUT2D eigenvalue weighted by molar-refractivity contribution is 7.46. The van der Waals surface area contributed by atoms with E-state index in [-0.39, 0.29) is 6.42 Å². The molecule has 1 atom stereocenters. The molecule has 0 saturated carbocycles. The lowest BCUT2D eigenvalue weighted by Gasteiger charge is -2.10. The number of nitrogens with two attached hydrogens (primary N) is 2. The lowest BCUT2D eigenvalue weighted by Crippen LogP contribution is -2.33. The summed E-state index contributed by atoms with van der Waals surface area (Å²) in [5, 5.41) is 0. The Kier molecular flexibility index (Phi) is 3.66. The topological polar surface area (TPSA) is 154 Å². The van der Waals surface area contributed by atoms with Gasteiger partial charge >= 0.3 is 13.8 Å². The van der Waals surface area contributed by atoms with Crippen LogP contribution in [0.1, 0.15) is 5.69 Å². The van der Waals surface area contributed by atoms with Gasteiger partial charge in [0.25, 0.3) is 0 Å². The molecule has 9 nitrogen and oxygen atoms in total. The van der Waals surface area contributed by atoms with Gasteiger partial charge in [-0.3, -0.25) is 14.5 Å². The van der Waals surface area contributed by atoms with Crippen LogP contribution in [0.15, 0.2) is 12.5 Å². The van der Waals surface area contributed by atoms with E-state index in [4.69, 9.17) is 21.4 Å². The Labute approximate surface area is 90.2 Å². The lowest BCUT2D eigenvalue weighted by atomic mass is 10.2. The number of hydrogen-bond donors (Lipinski definition) is 4. The number of phosphoric acid groups is 1. The molecule has 90 valence electrons. The Balaban J connectivity index is 2.55. The van der Waals surface area contributed by atoms with Gasteiger partial charge in [0.15, 0.2) is 0 Å². The Bertz CT molecular complexity index is 426. The van der Waals surface area contributed by atoms with Gasteiger partial charge in [0, 0.05) is 12.6 Å². The zero-order valence-electron chi connectivity index (χ0n) is 8.05. The van der Waals surface area contributed by atoms with Crippen molar-refractivity contribution in [1.29, 1.82) is 0 Å². The molecule has 0 aliphatic rings. The molecular formula is C6H11N4O5P. The van der Waals surface area contributed by atoms with Crippen molar-refractivity contribution in [3.05, 3.63) is 18.2 Å². The molecule has 0 spiro atoms. The fourth-order valence-corrected chi connectivity index (χ4v) is 1.35. The third-order valence-electron chi connectivity index (χ3n) is 1.60. The average molecular weight is 250 g/mol. The summed E-state index contributed by atoms with van der Waals surface area (Å²) >= 11 is 0. The Morgan fingerprint density at radius 1 is 1.69 bits per heavy atom. The Hall–Kier alpha value is -1.41. The first-order valence-corrected chi connectivity index (χ1v) is 5.63. The monoisotopic (exact) mass is 250 g/mol. The second-order valence-corrected chi connectivity index (χ2v) is 4.19. The maximum absolute atomic E-state index is 11.1. The molecular weight excluding hydrogens is 239 g/mol. The van der Waals surface area contributed by atoms with E-state index in [0.29, 0.717) is 5.69 Å². The molecule has 0 unspecified atom stereocenters. The predicted molar refractivity (Wildman–Crippen MR) is 52.2 cm³/mol. The van der Waals surface area contributed by atoms with Crippen molar-refractivity contribution in [1.82, 2.24) is 9.66 Å². The van der Waals surface area contributed by atoms with E-state index in [9.17, 15) is 9.36 Å². The maximum atomic E-state index is 11.1. The average Bonchev–Trinajstić information content (AvgIpc) is 2.48. The molecule has 0 saturated heterocycles. The number of phosphoric ester groups is 1. The van der Waals surface area contributed by atoms with E-state index in [1.165, 1.54) is 12.5 Å². The van der Waals surface area contributed by atoms with Crippen LogP contribution in [0.4, 0.5) is 0 Å². The molecule has 1 aromatic rings. The van der Waals surface area contributed by atoms with Gasteiger partial charge in [0.1, 0.15) is 12.4 Å². The Morgan fingerprint density at radius 2 is 2.31 bits per heavy atom. The molecule has 0 bridgehead atoms. The number of carbonyl (C=O) groups is 1. The molecule has 0 fully saturated rings. The van der Waals surface area contributed by atoms with E-state index in [0.717, 1.165) is 4.68 Å². The second kappa shape index (κ2) is 4.62. The molecule has 0 aromatic carbocycles. The second-order valence-electron chi connectivity index (χ2n) is 3.02. The number of hydrogen-bond acceptors (Lipinski definition) is 6. The van der Waals surface area contributed by atoms with Gasteiger partial charge in [0.2, 0.25) is 0 Å². The van der Waals surface area contributed by atoms with Gasteiger partial charge in [0.05, 0.1) is 5.69 Å². The molecule has 0 aliphatic heterocycles. The molecule has 16 heavy (non-hydrogen) atoms. The first-order valence-electron chi connectivity index (χ1n) is 4.10. The van der Waals surface area contributed by atoms with Crippen molar-refractivity contribution in [2.45, 2.75) is 12.5 Å². The van der Waals surface area contributed by atoms with Crippen LogP contribution >= 0.6 is 7.82 Å². The van der Waals surface area contributed by atoms with Crippen molar-refractivity contribution in [3.8, 4) is 0 Å². The normalized spacial score (nSPS) is 13.4. The standard InChI is InChI=1S/C6H11N4O5P/c7-5(6(11)15-16(12,13)14)1-4-2-10(8)3-9-4/h2-3,5H,1,7-8H2,(H2,12,13,14)/t5-/m0/s1. The van der Waals surface area contributed by atoms with Crippen LogP contribution in [-0.2, 0) is 20.3 Å². The van der Waals surface area contributed by atoms with Crippen LogP contribution in [0, 0.1) is 0 Å². The Morgan fingerprint density at radius 3 is 2.75 bits per heavy atom. The van der Waals surface area contributed by atoms with Gasteiger partial charge in [-0.2, -0.15) is 0 Å². The summed E-state index contributed by atoms with van der Waals surface area (Å²) in [6.45, 7) is 0. The van der Waals surface area contributed by atoms with Crippen molar-refractivity contribution in [2.75, 3.05) is 5.84 Å². The van der Waals surface area contributed by atoms with Gasteiger partial charge in [-0.05, 0) is 0 Å². The summed E-state index contributed by atoms with van der Waals surface area (Å²) in [5.74, 6) is 4.11.